The number of halogens is 1. The molecule has 5 heteroatoms. The number of nitrogens with zero attached hydrogens (tertiary/aromatic N) is 1. The van der Waals surface area contributed by atoms with Crippen LogP contribution in [0.4, 0.5) is 10.1 Å². The third kappa shape index (κ3) is 2.68. The van der Waals surface area contributed by atoms with Gasteiger partial charge in [0.1, 0.15) is 18.2 Å². The van der Waals surface area contributed by atoms with Gasteiger partial charge < -0.3 is 15.2 Å². The number of ether oxygens (including phenoxy) is 2. The maximum atomic E-state index is 12.9. The largest absolute Gasteiger partial charge is 0.487 e. The molecule has 0 fully saturated rings. The Labute approximate surface area is 104 Å². The van der Waals surface area contributed by atoms with Crippen LogP contribution in [0.1, 0.15) is 5.56 Å². The van der Waals surface area contributed by atoms with Gasteiger partial charge in [-0.15, -0.1) is 0 Å². The molecule has 1 heterocycles. The van der Waals surface area contributed by atoms with Crippen LogP contribution >= 0.6 is 0 Å². The Hall–Kier alpha value is -2.30. The molecule has 0 aliphatic carbocycles. The Kier molecular flexibility index (Phi) is 3.62. The molecule has 1 aromatic heterocycles. The monoisotopic (exact) mass is 248 g/mol. The highest BCUT2D eigenvalue weighted by atomic mass is 19.1. The lowest BCUT2D eigenvalue weighted by molar-refractivity contribution is 0.295. The fourth-order valence-corrected chi connectivity index (χ4v) is 1.52. The molecule has 94 valence electrons. The highest BCUT2D eigenvalue weighted by Crippen LogP contribution is 2.24. The molecule has 1 aromatic carbocycles. The van der Waals surface area contributed by atoms with Gasteiger partial charge in [-0.1, -0.05) is 0 Å². The van der Waals surface area contributed by atoms with Crippen molar-refractivity contribution in [2.24, 2.45) is 0 Å². The number of hydrogen-bond donors (Lipinski definition) is 1. The highest BCUT2D eigenvalue weighted by molar-refractivity contribution is 5.52. The lowest BCUT2D eigenvalue weighted by Gasteiger charge is -2.10. The van der Waals surface area contributed by atoms with Gasteiger partial charge in [-0.05, 0) is 24.3 Å². The van der Waals surface area contributed by atoms with Gasteiger partial charge in [0.2, 0.25) is 5.88 Å². The first kappa shape index (κ1) is 12.2. The van der Waals surface area contributed by atoms with Gasteiger partial charge >= 0.3 is 0 Å². The van der Waals surface area contributed by atoms with Crippen LogP contribution in [-0.4, -0.2) is 12.1 Å². The Bertz CT molecular complexity index is 546. The number of hydrogen-bond acceptors (Lipinski definition) is 4. The van der Waals surface area contributed by atoms with Gasteiger partial charge in [0, 0.05) is 12.3 Å². The number of benzene rings is 1. The van der Waals surface area contributed by atoms with Crippen LogP contribution in [0.2, 0.25) is 0 Å². The average Bonchev–Trinajstić information content (AvgIpc) is 2.38. The van der Waals surface area contributed by atoms with E-state index < -0.39 is 0 Å². The quantitative estimate of drug-likeness (QED) is 0.844. The van der Waals surface area contributed by atoms with Gasteiger partial charge in [-0.2, -0.15) is 0 Å². The summed E-state index contributed by atoms with van der Waals surface area (Å²) >= 11 is 0. The second kappa shape index (κ2) is 5.35. The van der Waals surface area contributed by atoms with Crippen molar-refractivity contribution in [3.63, 3.8) is 0 Å². The first-order valence-corrected chi connectivity index (χ1v) is 5.36. The van der Waals surface area contributed by atoms with Crippen molar-refractivity contribution < 1.29 is 13.9 Å². The van der Waals surface area contributed by atoms with Gasteiger partial charge in [0.25, 0.3) is 0 Å². The van der Waals surface area contributed by atoms with Crippen molar-refractivity contribution in [2.45, 2.75) is 6.61 Å². The number of aromatic nitrogens is 1. The van der Waals surface area contributed by atoms with Gasteiger partial charge in [-0.25, -0.2) is 9.37 Å². The second-order valence-electron chi connectivity index (χ2n) is 3.64. The summed E-state index contributed by atoms with van der Waals surface area (Å²) < 4.78 is 23.5. The Morgan fingerprint density at radius 3 is 2.89 bits per heavy atom. The highest BCUT2D eigenvalue weighted by Gasteiger charge is 2.06. The van der Waals surface area contributed by atoms with E-state index in [9.17, 15) is 4.39 Å². The number of anilines is 1. The van der Waals surface area contributed by atoms with E-state index in [0.29, 0.717) is 11.6 Å². The number of nitrogens with two attached hydrogens (primary N) is 1. The molecule has 0 aliphatic rings. The number of pyridine rings is 1. The molecular weight excluding hydrogens is 235 g/mol. The van der Waals surface area contributed by atoms with Crippen molar-refractivity contribution in [3.8, 4) is 11.6 Å². The summed E-state index contributed by atoms with van der Waals surface area (Å²) in [5, 5.41) is 0. The molecule has 0 unspecified atom stereocenters. The van der Waals surface area contributed by atoms with E-state index in [1.54, 1.807) is 12.3 Å². The van der Waals surface area contributed by atoms with E-state index >= 15 is 0 Å². The maximum Gasteiger partial charge on any atom is 0.219 e. The molecule has 0 saturated heterocycles. The number of nitrogen functional groups attached to an aromatic ring is 1. The van der Waals surface area contributed by atoms with Gasteiger partial charge in [0.15, 0.2) is 0 Å². The molecule has 0 radical (unpaired) electrons. The van der Waals surface area contributed by atoms with Gasteiger partial charge in [0.05, 0.1) is 18.4 Å². The molecule has 0 spiro atoms. The van der Waals surface area contributed by atoms with Crippen LogP contribution in [0, 0.1) is 5.82 Å². The fraction of sp³-hybridized carbons (Fsp3) is 0.154. The van der Waals surface area contributed by atoms with E-state index in [4.69, 9.17) is 15.2 Å². The fourth-order valence-electron chi connectivity index (χ4n) is 1.52. The molecule has 0 atom stereocenters. The lowest BCUT2D eigenvalue weighted by atomic mass is 10.2. The zero-order valence-corrected chi connectivity index (χ0v) is 9.89. The minimum Gasteiger partial charge on any atom is -0.487 e. The zero-order chi connectivity index (χ0) is 13.0. The standard InChI is InChI=1S/C13H13FN2O2/c1-17-13-9(3-2-6-16-13)8-18-12-5-4-10(14)7-11(12)15/h2-7H,8,15H2,1H3. The summed E-state index contributed by atoms with van der Waals surface area (Å²) in [6.45, 7) is 0.257. The molecule has 0 amide bonds. The molecule has 2 rings (SSSR count). The van der Waals surface area contributed by atoms with Crippen molar-refractivity contribution in [1.29, 1.82) is 0 Å². The minimum atomic E-state index is -0.390. The van der Waals surface area contributed by atoms with E-state index in [1.165, 1.54) is 25.3 Å². The molecule has 0 saturated carbocycles. The molecule has 4 nitrogen and oxygen atoms in total. The Morgan fingerprint density at radius 2 is 2.17 bits per heavy atom. The molecule has 2 N–H and O–H groups in total. The third-order valence-electron chi connectivity index (χ3n) is 2.40. The van der Waals surface area contributed by atoms with Crippen molar-refractivity contribution in [1.82, 2.24) is 4.98 Å². The molecule has 2 aromatic rings. The van der Waals surface area contributed by atoms with E-state index in [2.05, 4.69) is 4.98 Å². The normalized spacial score (nSPS) is 10.1. The van der Waals surface area contributed by atoms with Crippen molar-refractivity contribution >= 4 is 5.69 Å². The summed E-state index contributed by atoms with van der Waals surface area (Å²) in [5.41, 5.74) is 6.70. The van der Waals surface area contributed by atoms with Crippen LogP contribution in [-0.2, 0) is 6.61 Å². The van der Waals surface area contributed by atoms with Crippen LogP contribution in [0.25, 0.3) is 0 Å². The summed E-state index contributed by atoms with van der Waals surface area (Å²) in [5.74, 6) is 0.541. The summed E-state index contributed by atoms with van der Waals surface area (Å²) in [6.07, 6.45) is 1.63. The Balaban J connectivity index is 2.11. The SMILES string of the molecule is COc1ncccc1COc1ccc(F)cc1N. The second-order valence-corrected chi connectivity index (χ2v) is 3.64. The van der Waals surface area contributed by atoms with Crippen LogP contribution < -0.4 is 15.2 Å². The third-order valence-corrected chi connectivity index (χ3v) is 2.40. The smallest absolute Gasteiger partial charge is 0.219 e. The Morgan fingerprint density at radius 1 is 1.33 bits per heavy atom. The molecular formula is C13H13FN2O2. The first-order valence-electron chi connectivity index (χ1n) is 5.36. The van der Waals surface area contributed by atoms with E-state index in [0.717, 1.165) is 5.56 Å². The number of rotatable bonds is 4. The van der Waals surface area contributed by atoms with Crippen LogP contribution in [0.15, 0.2) is 36.5 Å². The average molecular weight is 248 g/mol. The molecule has 18 heavy (non-hydrogen) atoms. The summed E-state index contributed by atoms with van der Waals surface area (Å²) in [7, 11) is 1.54. The van der Waals surface area contributed by atoms with Crippen LogP contribution in [0.5, 0.6) is 11.6 Å². The number of methoxy groups -OCH3 is 1. The molecule has 0 bridgehead atoms. The predicted molar refractivity (Wildman–Crippen MR) is 65.9 cm³/mol. The first-order chi connectivity index (χ1) is 8.70. The predicted octanol–water partition coefficient (Wildman–Crippen LogP) is 2.39. The van der Waals surface area contributed by atoms with E-state index in [1.807, 2.05) is 6.07 Å². The van der Waals surface area contributed by atoms with Crippen molar-refractivity contribution in [3.05, 3.63) is 47.9 Å². The lowest BCUT2D eigenvalue weighted by Crippen LogP contribution is -2.02. The summed E-state index contributed by atoms with van der Waals surface area (Å²) in [6, 6.07) is 7.64. The molecule has 0 aliphatic heterocycles. The van der Waals surface area contributed by atoms with Crippen molar-refractivity contribution in [2.75, 3.05) is 12.8 Å². The van der Waals surface area contributed by atoms with E-state index in [-0.39, 0.29) is 18.1 Å². The maximum absolute atomic E-state index is 12.9. The zero-order valence-electron chi connectivity index (χ0n) is 9.89. The summed E-state index contributed by atoms with van der Waals surface area (Å²) in [4.78, 5) is 4.05. The van der Waals surface area contributed by atoms with Gasteiger partial charge in [-0.3, -0.25) is 0 Å². The topological polar surface area (TPSA) is 57.4 Å². The van der Waals surface area contributed by atoms with Crippen LogP contribution in [0.3, 0.4) is 0 Å². The minimum absolute atomic E-state index is 0.257.